The summed E-state index contributed by atoms with van der Waals surface area (Å²) in [7, 11) is 0. The lowest BCUT2D eigenvalue weighted by atomic mass is 10.3. The van der Waals surface area contributed by atoms with Gasteiger partial charge in [-0.2, -0.15) is 0 Å². The molecule has 0 saturated carbocycles. The fourth-order valence-corrected chi connectivity index (χ4v) is 1.02. The quantitative estimate of drug-likeness (QED) is 0.705. The maximum absolute atomic E-state index is 13.1. The van der Waals surface area contributed by atoms with E-state index in [4.69, 9.17) is 16.3 Å². The predicted octanol–water partition coefficient (Wildman–Crippen LogP) is 2.80. The van der Waals surface area contributed by atoms with Gasteiger partial charge in [0.25, 0.3) is 0 Å². The van der Waals surface area contributed by atoms with Gasteiger partial charge in [0.15, 0.2) is 0 Å². The molecule has 1 heterocycles. The molecule has 0 bridgehead atoms. The van der Waals surface area contributed by atoms with Crippen molar-refractivity contribution < 1.29 is 9.13 Å². The third-order valence-corrected chi connectivity index (χ3v) is 1.83. The second kappa shape index (κ2) is 4.53. The number of aromatic nitrogens is 1. The van der Waals surface area contributed by atoms with Gasteiger partial charge < -0.3 is 4.74 Å². The van der Waals surface area contributed by atoms with Crippen molar-refractivity contribution >= 4 is 11.6 Å². The molecule has 0 aliphatic carbocycles. The van der Waals surface area contributed by atoms with E-state index in [0.29, 0.717) is 5.56 Å². The smallest absolute Gasteiger partial charge is 0.137 e. The van der Waals surface area contributed by atoms with E-state index in [2.05, 4.69) is 4.98 Å². The topological polar surface area (TPSA) is 22.1 Å². The highest BCUT2D eigenvalue weighted by atomic mass is 35.5. The number of hydrogen-bond acceptors (Lipinski definition) is 2. The highest BCUT2D eigenvalue weighted by Gasteiger charge is 2.08. The van der Waals surface area contributed by atoms with E-state index in [0.717, 1.165) is 0 Å². The lowest BCUT2D eigenvalue weighted by Gasteiger charge is -2.08. The van der Waals surface area contributed by atoms with Crippen LogP contribution in [0.5, 0.6) is 0 Å². The average molecular weight is 204 g/mol. The molecule has 0 N–H and O–H groups in total. The summed E-state index contributed by atoms with van der Waals surface area (Å²) in [6, 6.07) is 1.27. The first-order valence-electron chi connectivity index (χ1n) is 4.01. The Morgan fingerprint density at radius 2 is 2.31 bits per heavy atom. The van der Waals surface area contributed by atoms with Gasteiger partial charge in [0.2, 0.25) is 0 Å². The summed E-state index contributed by atoms with van der Waals surface area (Å²) in [5.74, 6) is -0.374. The van der Waals surface area contributed by atoms with Crippen LogP contribution in [0.2, 0.25) is 5.15 Å². The van der Waals surface area contributed by atoms with Crippen LogP contribution in [0.3, 0.4) is 0 Å². The third-order valence-electron chi connectivity index (χ3n) is 1.51. The van der Waals surface area contributed by atoms with Gasteiger partial charge >= 0.3 is 0 Å². The summed E-state index contributed by atoms with van der Waals surface area (Å²) in [4.78, 5) is 3.76. The summed E-state index contributed by atoms with van der Waals surface area (Å²) in [5.41, 5.74) is 0.317. The van der Waals surface area contributed by atoms with Gasteiger partial charge in [-0.1, -0.05) is 11.6 Å². The summed E-state index contributed by atoms with van der Waals surface area (Å²) >= 11 is 5.68. The molecule has 1 rings (SSSR count). The number of nitrogens with zero attached hydrogens (tertiary/aromatic N) is 1. The second-order valence-corrected chi connectivity index (χ2v) is 3.28. The fourth-order valence-electron chi connectivity index (χ4n) is 0.824. The van der Waals surface area contributed by atoms with Gasteiger partial charge in [-0.3, -0.25) is 0 Å². The molecule has 2 nitrogen and oxygen atoms in total. The monoisotopic (exact) mass is 203 g/mol. The number of halogens is 2. The molecule has 0 amide bonds. The SMILES string of the molecule is CC(C)OCc1c(F)ccnc1Cl. The van der Waals surface area contributed by atoms with Gasteiger partial charge in [-0.25, -0.2) is 9.37 Å². The first-order valence-corrected chi connectivity index (χ1v) is 4.39. The first-order chi connectivity index (χ1) is 6.11. The van der Waals surface area contributed by atoms with Gasteiger partial charge in [0, 0.05) is 6.20 Å². The Balaban J connectivity index is 2.75. The normalized spacial score (nSPS) is 10.8. The molecular weight excluding hydrogens is 193 g/mol. The molecule has 0 saturated heterocycles. The lowest BCUT2D eigenvalue weighted by molar-refractivity contribution is 0.0638. The number of hydrogen-bond donors (Lipinski definition) is 0. The zero-order valence-electron chi connectivity index (χ0n) is 7.55. The molecule has 0 fully saturated rings. The highest BCUT2D eigenvalue weighted by molar-refractivity contribution is 6.30. The van der Waals surface area contributed by atoms with Gasteiger partial charge in [0.05, 0.1) is 18.3 Å². The first kappa shape index (κ1) is 10.4. The zero-order valence-corrected chi connectivity index (χ0v) is 8.31. The van der Waals surface area contributed by atoms with Gasteiger partial charge in [0.1, 0.15) is 11.0 Å². The Labute approximate surface area is 81.7 Å². The van der Waals surface area contributed by atoms with Crippen molar-refractivity contribution in [2.24, 2.45) is 0 Å². The van der Waals surface area contributed by atoms with Crippen LogP contribution < -0.4 is 0 Å². The van der Waals surface area contributed by atoms with Crippen LogP contribution in [0.15, 0.2) is 12.3 Å². The maximum Gasteiger partial charge on any atom is 0.137 e. The molecule has 13 heavy (non-hydrogen) atoms. The molecule has 0 aliphatic rings. The van der Waals surface area contributed by atoms with Crippen molar-refractivity contribution in [1.29, 1.82) is 0 Å². The Kier molecular flexibility index (Phi) is 3.63. The van der Waals surface area contributed by atoms with E-state index in [1.54, 1.807) is 0 Å². The van der Waals surface area contributed by atoms with Crippen LogP contribution in [0.4, 0.5) is 4.39 Å². The molecule has 0 atom stereocenters. The predicted molar refractivity (Wildman–Crippen MR) is 49.1 cm³/mol. The van der Waals surface area contributed by atoms with E-state index in [9.17, 15) is 4.39 Å². The summed E-state index contributed by atoms with van der Waals surface area (Å²) in [6.45, 7) is 3.92. The Morgan fingerprint density at radius 1 is 1.62 bits per heavy atom. The summed E-state index contributed by atoms with van der Waals surface area (Å²) < 4.78 is 18.3. The van der Waals surface area contributed by atoms with Crippen molar-refractivity contribution in [3.05, 3.63) is 28.8 Å². The largest absolute Gasteiger partial charge is 0.374 e. The molecule has 0 spiro atoms. The highest BCUT2D eigenvalue weighted by Crippen LogP contribution is 2.17. The van der Waals surface area contributed by atoms with Crippen LogP contribution in [-0.2, 0) is 11.3 Å². The van der Waals surface area contributed by atoms with E-state index in [-0.39, 0.29) is 23.7 Å². The van der Waals surface area contributed by atoms with Crippen molar-refractivity contribution in [1.82, 2.24) is 4.98 Å². The number of rotatable bonds is 3. The lowest BCUT2D eigenvalue weighted by Crippen LogP contribution is -2.04. The van der Waals surface area contributed by atoms with E-state index < -0.39 is 0 Å². The standard InChI is InChI=1S/C9H11ClFNO/c1-6(2)13-5-7-8(11)3-4-12-9(7)10/h3-4,6H,5H2,1-2H3. The van der Waals surface area contributed by atoms with E-state index in [1.807, 2.05) is 13.8 Å². The Bertz CT molecular complexity index is 271. The molecule has 0 radical (unpaired) electrons. The molecule has 1 aromatic heterocycles. The molecule has 4 heteroatoms. The van der Waals surface area contributed by atoms with Gasteiger partial charge in [-0.15, -0.1) is 0 Å². The minimum absolute atomic E-state index is 0.0515. The molecule has 0 unspecified atom stereocenters. The van der Waals surface area contributed by atoms with E-state index >= 15 is 0 Å². The van der Waals surface area contributed by atoms with E-state index in [1.165, 1.54) is 12.3 Å². The fraction of sp³-hybridized carbons (Fsp3) is 0.444. The van der Waals surface area contributed by atoms with Crippen molar-refractivity contribution in [3.8, 4) is 0 Å². The van der Waals surface area contributed by atoms with Crippen molar-refractivity contribution in [3.63, 3.8) is 0 Å². The van der Waals surface area contributed by atoms with Crippen LogP contribution in [0.25, 0.3) is 0 Å². The zero-order chi connectivity index (χ0) is 9.84. The Hall–Kier alpha value is -0.670. The molecule has 0 aliphatic heterocycles. The maximum atomic E-state index is 13.1. The Morgan fingerprint density at radius 3 is 2.85 bits per heavy atom. The molecule has 1 aromatic rings. The third kappa shape index (κ3) is 2.94. The summed E-state index contributed by atoms with van der Waals surface area (Å²) in [6.07, 6.45) is 1.38. The van der Waals surface area contributed by atoms with Crippen LogP contribution in [0, 0.1) is 5.82 Å². The van der Waals surface area contributed by atoms with Crippen molar-refractivity contribution in [2.75, 3.05) is 0 Å². The minimum atomic E-state index is -0.374. The average Bonchev–Trinajstić information content (AvgIpc) is 2.03. The molecule has 72 valence electrons. The molecular formula is C9H11ClFNO. The van der Waals surface area contributed by atoms with Crippen LogP contribution in [-0.4, -0.2) is 11.1 Å². The van der Waals surface area contributed by atoms with Gasteiger partial charge in [-0.05, 0) is 19.9 Å². The molecule has 0 aromatic carbocycles. The van der Waals surface area contributed by atoms with Crippen LogP contribution in [0.1, 0.15) is 19.4 Å². The second-order valence-electron chi connectivity index (χ2n) is 2.92. The number of ether oxygens (including phenoxy) is 1. The summed E-state index contributed by atoms with van der Waals surface area (Å²) in [5, 5.41) is 0.167. The number of pyridine rings is 1. The van der Waals surface area contributed by atoms with Crippen LogP contribution >= 0.6 is 11.6 Å². The minimum Gasteiger partial charge on any atom is -0.374 e. The van der Waals surface area contributed by atoms with Crippen molar-refractivity contribution in [2.45, 2.75) is 26.6 Å².